The van der Waals surface area contributed by atoms with Gasteiger partial charge in [0, 0.05) is 37.3 Å². The van der Waals surface area contributed by atoms with Gasteiger partial charge in [-0.15, -0.1) is 0 Å². The molecule has 1 aliphatic heterocycles. The average Bonchev–Trinajstić information content (AvgIpc) is 3.07. The Balaban J connectivity index is 2.10. The van der Waals surface area contributed by atoms with E-state index in [-0.39, 0.29) is 5.02 Å². The molecule has 0 atom stereocenters. The molecule has 108 valence electrons. The molecule has 0 aliphatic carbocycles. The molecule has 1 aliphatic rings. The molecular weight excluding hydrogens is 293 g/mol. The first-order valence-electron chi connectivity index (χ1n) is 6.73. The summed E-state index contributed by atoms with van der Waals surface area (Å²) in [5, 5.41) is 13.0. The van der Waals surface area contributed by atoms with Crippen molar-refractivity contribution in [3.05, 3.63) is 34.9 Å². The fourth-order valence-corrected chi connectivity index (χ4v) is 3.02. The minimum Gasteiger partial charge on any atom is -0.309 e. The Hall–Kier alpha value is -1.92. The van der Waals surface area contributed by atoms with E-state index in [0.717, 1.165) is 35.4 Å². The predicted molar refractivity (Wildman–Crippen MR) is 78.6 cm³/mol. The molecule has 0 fully saturated rings. The lowest BCUT2D eigenvalue weighted by Gasteiger charge is -2.15. The van der Waals surface area contributed by atoms with Crippen molar-refractivity contribution in [1.82, 2.24) is 24.9 Å². The van der Waals surface area contributed by atoms with Crippen molar-refractivity contribution in [3.63, 3.8) is 0 Å². The van der Waals surface area contributed by atoms with Gasteiger partial charge in [-0.25, -0.2) is 4.39 Å². The number of hydrogen-bond donors (Lipinski definition) is 1. The molecule has 2 aromatic heterocycles. The summed E-state index contributed by atoms with van der Waals surface area (Å²) < 4.78 is 17.9. The number of halogens is 2. The van der Waals surface area contributed by atoms with Crippen LogP contribution in [-0.4, -0.2) is 26.1 Å². The number of rotatable bonds is 1. The van der Waals surface area contributed by atoms with Crippen LogP contribution >= 0.6 is 11.6 Å². The zero-order valence-electron chi connectivity index (χ0n) is 11.4. The lowest BCUT2D eigenvalue weighted by molar-refractivity contribution is 0.478. The predicted octanol–water partition coefficient (Wildman–Crippen LogP) is 2.33. The highest BCUT2D eigenvalue weighted by atomic mass is 35.5. The Labute approximate surface area is 125 Å². The fourth-order valence-electron chi connectivity index (χ4n) is 2.83. The highest BCUT2D eigenvalue weighted by Gasteiger charge is 2.23. The van der Waals surface area contributed by atoms with E-state index in [4.69, 9.17) is 11.6 Å². The average molecular weight is 306 g/mol. The molecule has 3 heterocycles. The molecule has 4 rings (SSSR count). The van der Waals surface area contributed by atoms with Crippen LogP contribution in [0.15, 0.2) is 18.3 Å². The minimum absolute atomic E-state index is 0.0755. The standard InChI is InChI=1S/C14H13ClFN5/c1-20-4-2-10(18-20)8-6-9(15)13(16)14-12(8)11-7-17-3-5-21(11)19-14/h2,4,6,17H,3,5,7H2,1H3. The number of benzene rings is 1. The van der Waals surface area contributed by atoms with Crippen molar-refractivity contribution < 1.29 is 4.39 Å². The largest absolute Gasteiger partial charge is 0.309 e. The number of hydrogen-bond acceptors (Lipinski definition) is 3. The first kappa shape index (κ1) is 12.8. The van der Waals surface area contributed by atoms with Crippen molar-refractivity contribution in [2.75, 3.05) is 6.54 Å². The van der Waals surface area contributed by atoms with E-state index >= 15 is 0 Å². The highest BCUT2D eigenvalue weighted by molar-refractivity contribution is 6.32. The van der Waals surface area contributed by atoms with Crippen molar-refractivity contribution in [1.29, 1.82) is 0 Å². The third kappa shape index (κ3) is 1.86. The van der Waals surface area contributed by atoms with Crippen LogP contribution in [0.1, 0.15) is 5.69 Å². The summed E-state index contributed by atoms with van der Waals surface area (Å²) in [4.78, 5) is 0. The van der Waals surface area contributed by atoms with Crippen LogP contribution < -0.4 is 5.32 Å². The van der Waals surface area contributed by atoms with Crippen LogP contribution in [0.3, 0.4) is 0 Å². The summed E-state index contributed by atoms with van der Waals surface area (Å²) >= 11 is 6.04. The molecule has 1 N–H and O–H groups in total. The van der Waals surface area contributed by atoms with Gasteiger partial charge in [-0.1, -0.05) is 11.6 Å². The maximum Gasteiger partial charge on any atom is 0.169 e. The van der Waals surface area contributed by atoms with Crippen molar-refractivity contribution in [2.45, 2.75) is 13.1 Å². The van der Waals surface area contributed by atoms with Crippen molar-refractivity contribution >= 4 is 22.5 Å². The Morgan fingerprint density at radius 2 is 2.24 bits per heavy atom. The molecule has 0 radical (unpaired) electrons. The van der Waals surface area contributed by atoms with Gasteiger partial charge in [0.25, 0.3) is 0 Å². The number of fused-ring (bicyclic) bond motifs is 3. The second-order valence-corrected chi connectivity index (χ2v) is 5.57. The summed E-state index contributed by atoms with van der Waals surface area (Å²) in [6.07, 6.45) is 1.85. The summed E-state index contributed by atoms with van der Waals surface area (Å²) in [5.74, 6) is -0.465. The second kappa shape index (κ2) is 4.54. The highest BCUT2D eigenvalue weighted by Crippen LogP contribution is 2.36. The van der Waals surface area contributed by atoms with E-state index in [0.29, 0.717) is 12.1 Å². The lowest BCUT2D eigenvalue weighted by Crippen LogP contribution is -2.28. The molecule has 21 heavy (non-hydrogen) atoms. The molecule has 7 heteroatoms. The normalized spacial score (nSPS) is 14.6. The van der Waals surface area contributed by atoms with Crippen LogP contribution in [0.25, 0.3) is 22.2 Å². The van der Waals surface area contributed by atoms with Gasteiger partial charge in [-0.3, -0.25) is 9.36 Å². The Kier molecular flexibility index (Phi) is 2.77. The number of nitrogens with one attached hydrogen (secondary N) is 1. The topological polar surface area (TPSA) is 47.7 Å². The van der Waals surface area contributed by atoms with Crippen LogP contribution in [0.5, 0.6) is 0 Å². The maximum absolute atomic E-state index is 14.3. The summed E-state index contributed by atoms with van der Waals surface area (Å²) in [6.45, 7) is 2.22. The van der Waals surface area contributed by atoms with E-state index in [1.807, 2.05) is 24.0 Å². The van der Waals surface area contributed by atoms with E-state index in [1.165, 1.54) is 0 Å². The first-order chi connectivity index (χ1) is 10.1. The third-order valence-corrected chi connectivity index (χ3v) is 4.07. The SMILES string of the molecule is Cn1ccc(-c2cc(Cl)c(F)c3nn4c(c23)CNCC4)n1. The van der Waals surface area contributed by atoms with Gasteiger partial charge in [-0.05, 0) is 12.1 Å². The molecular formula is C14H13ClFN5. The zero-order valence-corrected chi connectivity index (χ0v) is 12.2. The third-order valence-electron chi connectivity index (χ3n) is 3.80. The quantitative estimate of drug-likeness (QED) is 0.750. The van der Waals surface area contributed by atoms with Gasteiger partial charge in [0.05, 0.1) is 23.0 Å². The first-order valence-corrected chi connectivity index (χ1v) is 7.11. The molecule has 0 spiro atoms. The summed E-state index contributed by atoms with van der Waals surface area (Å²) in [7, 11) is 1.85. The molecule has 1 aromatic carbocycles. The van der Waals surface area contributed by atoms with Crippen molar-refractivity contribution in [3.8, 4) is 11.3 Å². The molecule has 0 bridgehead atoms. The van der Waals surface area contributed by atoms with E-state index in [2.05, 4.69) is 15.5 Å². The van der Waals surface area contributed by atoms with Crippen LogP contribution in [0.2, 0.25) is 5.02 Å². The molecule has 0 unspecified atom stereocenters. The fraction of sp³-hybridized carbons (Fsp3) is 0.286. The summed E-state index contributed by atoms with van der Waals surface area (Å²) in [6, 6.07) is 3.53. The van der Waals surface area contributed by atoms with Gasteiger partial charge in [0.15, 0.2) is 5.82 Å². The zero-order chi connectivity index (χ0) is 14.6. The van der Waals surface area contributed by atoms with E-state index < -0.39 is 5.82 Å². The minimum atomic E-state index is -0.465. The molecule has 0 saturated heterocycles. The van der Waals surface area contributed by atoms with Gasteiger partial charge >= 0.3 is 0 Å². The Morgan fingerprint density at radius 1 is 1.38 bits per heavy atom. The molecule has 0 saturated carbocycles. The van der Waals surface area contributed by atoms with Gasteiger partial charge < -0.3 is 5.32 Å². The lowest BCUT2D eigenvalue weighted by atomic mass is 10.0. The van der Waals surface area contributed by atoms with Crippen LogP contribution in [0, 0.1) is 5.82 Å². The summed E-state index contributed by atoms with van der Waals surface area (Å²) in [5.41, 5.74) is 2.89. The van der Waals surface area contributed by atoms with Gasteiger partial charge in [0.2, 0.25) is 0 Å². The monoisotopic (exact) mass is 305 g/mol. The molecule has 3 aromatic rings. The van der Waals surface area contributed by atoms with Gasteiger partial charge in [-0.2, -0.15) is 10.2 Å². The van der Waals surface area contributed by atoms with E-state index in [1.54, 1.807) is 10.7 Å². The van der Waals surface area contributed by atoms with Crippen LogP contribution in [0.4, 0.5) is 4.39 Å². The van der Waals surface area contributed by atoms with Gasteiger partial charge in [0.1, 0.15) is 5.52 Å². The van der Waals surface area contributed by atoms with Crippen molar-refractivity contribution in [2.24, 2.45) is 7.05 Å². The number of aromatic nitrogens is 4. The smallest absolute Gasteiger partial charge is 0.169 e. The molecule has 5 nitrogen and oxygen atoms in total. The Bertz CT molecular complexity index is 851. The Morgan fingerprint density at radius 3 is 3.00 bits per heavy atom. The van der Waals surface area contributed by atoms with E-state index in [9.17, 15) is 4.39 Å². The maximum atomic E-state index is 14.3. The van der Waals surface area contributed by atoms with Crippen LogP contribution in [-0.2, 0) is 20.1 Å². The number of aryl methyl sites for hydroxylation is 1. The molecule has 0 amide bonds. The second-order valence-electron chi connectivity index (χ2n) is 5.16. The number of nitrogens with zero attached hydrogens (tertiary/aromatic N) is 4.